The van der Waals surface area contributed by atoms with Crippen molar-refractivity contribution in [3.63, 3.8) is 0 Å². The van der Waals surface area contributed by atoms with Crippen molar-refractivity contribution < 1.29 is 33.2 Å². The average molecular weight is 867 g/mol. The molecule has 0 amide bonds. The van der Waals surface area contributed by atoms with E-state index in [2.05, 4.69) is 41.5 Å². The zero-order chi connectivity index (χ0) is 44.4. The maximum atomic E-state index is 6.49. The van der Waals surface area contributed by atoms with Crippen LogP contribution in [0, 0.1) is 0 Å². The summed E-state index contributed by atoms with van der Waals surface area (Å²) in [5.41, 5.74) is 0. The number of hydrogen-bond acceptors (Lipinski definition) is 7. The molecule has 364 valence electrons. The van der Waals surface area contributed by atoms with E-state index in [9.17, 15) is 0 Å². The van der Waals surface area contributed by atoms with Gasteiger partial charge in [-0.2, -0.15) is 0 Å². The Bertz CT molecular complexity index is 847. The molecule has 0 heterocycles. The van der Waals surface area contributed by atoms with Gasteiger partial charge in [0.25, 0.3) is 0 Å². The molecule has 0 aromatic carbocycles. The Balaban J connectivity index is 5.49. The lowest BCUT2D eigenvalue weighted by Crippen LogP contribution is -2.14. The molecule has 0 atom stereocenters. The maximum Gasteiger partial charge on any atom is 0.159 e. The summed E-state index contributed by atoms with van der Waals surface area (Å²) in [6, 6.07) is 0. The fraction of sp³-hybridized carbons (Fsp3) is 0.926. The van der Waals surface area contributed by atoms with Crippen LogP contribution in [0.2, 0.25) is 0 Å². The highest BCUT2D eigenvalue weighted by Crippen LogP contribution is 2.22. The molecule has 0 saturated carbocycles. The Hall–Kier alpha value is -1.44. The van der Waals surface area contributed by atoms with Gasteiger partial charge in [-0.3, -0.25) is 0 Å². The number of ether oxygens (including phenoxy) is 7. The van der Waals surface area contributed by atoms with Crippen LogP contribution in [0.1, 0.15) is 273 Å². The van der Waals surface area contributed by atoms with Gasteiger partial charge >= 0.3 is 0 Å². The summed E-state index contributed by atoms with van der Waals surface area (Å²) in [5, 5.41) is 0. The van der Waals surface area contributed by atoms with Crippen molar-refractivity contribution in [3.05, 3.63) is 23.0 Å². The van der Waals surface area contributed by atoms with Gasteiger partial charge in [-0.25, -0.2) is 0 Å². The predicted molar refractivity (Wildman–Crippen MR) is 261 cm³/mol. The highest BCUT2D eigenvalue weighted by Gasteiger charge is 2.14. The van der Waals surface area contributed by atoms with Crippen LogP contribution < -0.4 is 0 Å². The molecule has 0 aromatic rings. The number of allylic oxidation sites excluding steroid dienone is 2. The van der Waals surface area contributed by atoms with E-state index >= 15 is 0 Å². The third kappa shape index (κ3) is 42.3. The molecule has 0 aliphatic carbocycles. The largest absolute Gasteiger partial charge is 0.494 e. The molecule has 0 bridgehead atoms. The lowest BCUT2D eigenvalue weighted by atomic mass is 10.1. The molecule has 0 rings (SSSR count). The summed E-state index contributed by atoms with van der Waals surface area (Å²) in [7, 11) is 0. The molecule has 0 spiro atoms. The second-order valence-corrected chi connectivity index (χ2v) is 17.6. The van der Waals surface area contributed by atoms with Crippen molar-refractivity contribution in [1.82, 2.24) is 0 Å². The number of rotatable bonds is 52. The van der Waals surface area contributed by atoms with E-state index in [1.807, 2.05) is 0 Å². The van der Waals surface area contributed by atoms with Gasteiger partial charge in [0.05, 0.1) is 26.4 Å². The highest BCUT2D eigenvalue weighted by atomic mass is 16.7. The topological polar surface area (TPSA) is 64.6 Å². The summed E-state index contributed by atoms with van der Waals surface area (Å²) in [4.78, 5) is 0. The minimum Gasteiger partial charge on any atom is -0.494 e. The summed E-state index contributed by atoms with van der Waals surface area (Å²) in [6.45, 7) is 17.4. The van der Waals surface area contributed by atoms with E-state index in [1.54, 1.807) is 0 Å². The molecule has 0 N–H and O–H groups in total. The Morgan fingerprint density at radius 2 is 0.459 bits per heavy atom. The lowest BCUT2D eigenvalue weighted by molar-refractivity contribution is -0.132. The SMILES string of the molecule is CCCCCCCCCCCC(OCCCCCC)=C(COCOCOCC(OCCCCCC)=C(CCCCCCCCCCC)OCCCCCC)OCCCCCC. The molecule has 0 aromatic heterocycles. The van der Waals surface area contributed by atoms with Gasteiger partial charge in [0.2, 0.25) is 0 Å². The van der Waals surface area contributed by atoms with Crippen LogP contribution in [0.25, 0.3) is 0 Å². The lowest BCUT2D eigenvalue weighted by Gasteiger charge is -2.19. The molecular formula is C54H106O7. The first-order valence-corrected chi connectivity index (χ1v) is 26.9. The van der Waals surface area contributed by atoms with Crippen molar-refractivity contribution in [1.29, 1.82) is 0 Å². The van der Waals surface area contributed by atoms with Crippen LogP contribution in [-0.4, -0.2) is 53.2 Å². The normalized spacial score (nSPS) is 12.4. The molecule has 0 radical (unpaired) electrons. The van der Waals surface area contributed by atoms with E-state index < -0.39 is 0 Å². The van der Waals surface area contributed by atoms with Crippen LogP contribution in [0.5, 0.6) is 0 Å². The third-order valence-corrected chi connectivity index (χ3v) is 11.5. The monoisotopic (exact) mass is 867 g/mol. The Morgan fingerprint density at radius 1 is 0.230 bits per heavy atom. The molecule has 0 unspecified atom stereocenters. The molecule has 0 aliphatic heterocycles. The molecule has 7 nitrogen and oxygen atoms in total. The molecule has 0 aliphatic rings. The smallest absolute Gasteiger partial charge is 0.159 e. The van der Waals surface area contributed by atoms with E-state index in [0.29, 0.717) is 26.4 Å². The second-order valence-electron chi connectivity index (χ2n) is 17.6. The van der Waals surface area contributed by atoms with Crippen molar-refractivity contribution in [2.24, 2.45) is 0 Å². The molecule has 0 fully saturated rings. The standard InChI is InChI=1S/C54H106O7/c1-7-13-19-25-27-29-31-33-35-41-51(58-43-37-21-15-9-3)53(60-45-39-23-17-11-5)47-55-49-57-50-56-48-54(61-46-40-24-18-12-6)52(59-44-38-22-16-10-4)42-36-34-32-30-28-26-20-14-8-2/h7-50H2,1-6H3. The Labute approximate surface area is 380 Å². The van der Waals surface area contributed by atoms with Crippen LogP contribution in [0.4, 0.5) is 0 Å². The Morgan fingerprint density at radius 3 is 0.738 bits per heavy atom. The zero-order valence-electron chi connectivity index (χ0n) is 42.0. The molecular weight excluding hydrogens is 761 g/mol. The van der Waals surface area contributed by atoms with Gasteiger partial charge in [-0.05, 0) is 38.5 Å². The van der Waals surface area contributed by atoms with Crippen molar-refractivity contribution in [2.45, 2.75) is 273 Å². The van der Waals surface area contributed by atoms with Gasteiger partial charge in [0.1, 0.15) is 38.3 Å². The Kier molecular flexibility index (Phi) is 50.0. The summed E-state index contributed by atoms with van der Waals surface area (Å²) >= 11 is 0. The van der Waals surface area contributed by atoms with E-state index in [0.717, 1.165) is 87.6 Å². The second kappa shape index (κ2) is 51.2. The zero-order valence-corrected chi connectivity index (χ0v) is 42.0. The van der Waals surface area contributed by atoms with Crippen LogP contribution >= 0.6 is 0 Å². The van der Waals surface area contributed by atoms with Gasteiger partial charge in [-0.1, -0.05) is 221 Å². The van der Waals surface area contributed by atoms with Crippen molar-refractivity contribution in [2.75, 3.05) is 53.2 Å². The fourth-order valence-corrected chi connectivity index (χ4v) is 7.50. The van der Waals surface area contributed by atoms with Gasteiger partial charge < -0.3 is 33.2 Å². The van der Waals surface area contributed by atoms with Crippen LogP contribution in [0.15, 0.2) is 23.0 Å². The van der Waals surface area contributed by atoms with Crippen molar-refractivity contribution >= 4 is 0 Å². The van der Waals surface area contributed by atoms with Gasteiger partial charge in [-0.15, -0.1) is 0 Å². The maximum absolute atomic E-state index is 6.49. The highest BCUT2D eigenvalue weighted by molar-refractivity contribution is 5.03. The van der Waals surface area contributed by atoms with Gasteiger partial charge in [0.15, 0.2) is 11.5 Å². The third-order valence-electron chi connectivity index (χ3n) is 11.5. The predicted octanol–water partition coefficient (Wildman–Crippen LogP) is 17.6. The number of hydrogen-bond donors (Lipinski definition) is 0. The quantitative estimate of drug-likeness (QED) is 0.0343. The number of unbranched alkanes of at least 4 members (excludes halogenated alkanes) is 28. The van der Waals surface area contributed by atoms with Gasteiger partial charge in [0, 0.05) is 12.8 Å². The fourth-order valence-electron chi connectivity index (χ4n) is 7.50. The summed E-state index contributed by atoms with van der Waals surface area (Å²) in [6.07, 6.45) is 44.2. The first kappa shape index (κ1) is 59.6. The van der Waals surface area contributed by atoms with Crippen LogP contribution in [-0.2, 0) is 33.2 Å². The van der Waals surface area contributed by atoms with E-state index in [1.165, 1.54) is 180 Å². The van der Waals surface area contributed by atoms with Crippen LogP contribution in [0.3, 0.4) is 0 Å². The molecule has 61 heavy (non-hydrogen) atoms. The summed E-state index contributed by atoms with van der Waals surface area (Å²) < 4.78 is 44.0. The molecule has 0 saturated heterocycles. The van der Waals surface area contributed by atoms with Crippen molar-refractivity contribution in [3.8, 4) is 0 Å². The minimum absolute atomic E-state index is 0.126. The van der Waals surface area contributed by atoms with E-state index in [4.69, 9.17) is 33.2 Å². The van der Waals surface area contributed by atoms with E-state index in [-0.39, 0.29) is 13.6 Å². The first-order chi connectivity index (χ1) is 30.2. The molecule has 7 heteroatoms. The average Bonchev–Trinajstić information content (AvgIpc) is 3.27. The summed E-state index contributed by atoms with van der Waals surface area (Å²) in [5.74, 6) is 3.64. The minimum atomic E-state index is 0.126. The first-order valence-electron chi connectivity index (χ1n) is 26.9.